The largest absolute Gasteiger partial charge is 1.00 e. The third kappa shape index (κ3) is 2.20. The first-order valence-corrected chi connectivity index (χ1v) is 4.48. The zero-order valence-corrected chi connectivity index (χ0v) is 8.54. The molecule has 2 rings (SSSR count). The smallest absolute Gasteiger partial charge is 1.00 e. The molecule has 72 valence electrons. The van der Waals surface area contributed by atoms with Gasteiger partial charge in [-0.3, -0.25) is 9.88 Å². The Morgan fingerprint density at radius 2 is 2.46 bits per heavy atom. The van der Waals surface area contributed by atoms with Crippen LogP contribution >= 0.6 is 0 Å². The van der Waals surface area contributed by atoms with E-state index in [2.05, 4.69) is 23.0 Å². The van der Waals surface area contributed by atoms with Gasteiger partial charge in [0.15, 0.2) is 0 Å². The van der Waals surface area contributed by atoms with E-state index in [-0.39, 0.29) is 13.8 Å². The molecular weight excluding hydrogens is 184 g/mol. The van der Waals surface area contributed by atoms with Gasteiger partial charge < -0.3 is 12.4 Å². The van der Waals surface area contributed by atoms with Crippen LogP contribution in [0.3, 0.4) is 0 Å². The molecule has 3 heteroatoms. The van der Waals surface area contributed by atoms with Crippen molar-refractivity contribution in [3.05, 3.63) is 30.1 Å². The van der Waals surface area contributed by atoms with E-state index in [9.17, 15) is 0 Å². The average molecular weight is 199 g/mol. The van der Waals surface area contributed by atoms with E-state index in [1.165, 1.54) is 24.9 Å². The molecule has 1 fully saturated rings. The highest BCUT2D eigenvalue weighted by atomic mass is 35.5. The summed E-state index contributed by atoms with van der Waals surface area (Å²) in [5.41, 5.74) is 1.36. The molecule has 0 radical (unpaired) electrons. The molecule has 1 aromatic rings. The summed E-state index contributed by atoms with van der Waals surface area (Å²) in [5, 5.41) is 0. The van der Waals surface area contributed by atoms with Crippen molar-refractivity contribution in [3.8, 4) is 0 Å². The Morgan fingerprint density at radius 1 is 1.62 bits per heavy atom. The molecule has 1 aliphatic heterocycles. The molecule has 1 atom stereocenters. The number of likely N-dealkylation sites (tertiary alicyclic amines) is 1. The van der Waals surface area contributed by atoms with Crippen molar-refractivity contribution in [2.45, 2.75) is 18.9 Å². The van der Waals surface area contributed by atoms with Gasteiger partial charge in [-0.15, -0.1) is 0 Å². The Kier molecular flexibility index (Phi) is 3.70. The van der Waals surface area contributed by atoms with Crippen LogP contribution in [-0.4, -0.2) is 23.5 Å². The third-order valence-corrected chi connectivity index (χ3v) is 2.59. The summed E-state index contributed by atoms with van der Waals surface area (Å²) in [6, 6.07) is 4.79. The zero-order valence-electron chi connectivity index (χ0n) is 8.78. The van der Waals surface area contributed by atoms with Gasteiger partial charge >= 0.3 is 1.43 Å². The first-order valence-electron chi connectivity index (χ1n) is 4.48. The first-order chi connectivity index (χ1) is 5.88. The molecule has 1 unspecified atom stereocenters. The lowest BCUT2D eigenvalue weighted by Crippen LogP contribution is -3.00. The van der Waals surface area contributed by atoms with Crippen molar-refractivity contribution in [3.63, 3.8) is 0 Å². The van der Waals surface area contributed by atoms with Crippen LogP contribution in [0.5, 0.6) is 0 Å². The van der Waals surface area contributed by atoms with E-state index in [1.807, 2.05) is 18.5 Å². The van der Waals surface area contributed by atoms with Gasteiger partial charge in [-0.1, -0.05) is 6.07 Å². The molecule has 0 N–H and O–H groups in total. The van der Waals surface area contributed by atoms with Crippen molar-refractivity contribution < 1.29 is 13.8 Å². The van der Waals surface area contributed by atoms with Gasteiger partial charge in [0.05, 0.1) is 0 Å². The Labute approximate surface area is 86.9 Å². The lowest BCUT2D eigenvalue weighted by Gasteiger charge is -2.18. The maximum absolute atomic E-state index is 4.14. The number of hydrogen-bond acceptors (Lipinski definition) is 2. The molecule has 13 heavy (non-hydrogen) atoms. The maximum atomic E-state index is 4.14. The zero-order chi connectivity index (χ0) is 8.39. The molecule has 2 heterocycles. The van der Waals surface area contributed by atoms with Gasteiger partial charge in [-0.05, 0) is 38.1 Å². The minimum Gasteiger partial charge on any atom is -1.00 e. The molecule has 1 aromatic heterocycles. The van der Waals surface area contributed by atoms with E-state index < -0.39 is 0 Å². The molecule has 0 amide bonds. The summed E-state index contributed by atoms with van der Waals surface area (Å²) in [4.78, 5) is 6.54. The summed E-state index contributed by atoms with van der Waals surface area (Å²) in [6.07, 6.45) is 6.41. The minimum absolute atomic E-state index is 0. The van der Waals surface area contributed by atoms with Gasteiger partial charge in [0, 0.05) is 18.4 Å². The van der Waals surface area contributed by atoms with Crippen molar-refractivity contribution in [2.24, 2.45) is 0 Å². The van der Waals surface area contributed by atoms with E-state index in [4.69, 9.17) is 0 Å². The van der Waals surface area contributed by atoms with Gasteiger partial charge in [0.25, 0.3) is 0 Å². The van der Waals surface area contributed by atoms with E-state index in [0.717, 1.165) is 0 Å². The van der Waals surface area contributed by atoms with Gasteiger partial charge in [0.1, 0.15) is 0 Å². The minimum atomic E-state index is 0. The normalized spacial score (nSPS) is 22.7. The van der Waals surface area contributed by atoms with Crippen molar-refractivity contribution in [1.82, 2.24) is 9.88 Å². The van der Waals surface area contributed by atoms with Crippen LogP contribution in [0, 0.1) is 0 Å². The number of rotatable bonds is 1. The topological polar surface area (TPSA) is 16.1 Å². The van der Waals surface area contributed by atoms with Crippen LogP contribution in [0.4, 0.5) is 0 Å². The van der Waals surface area contributed by atoms with E-state index in [0.29, 0.717) is 6.04 Å². The predicted octanol–water partition coefficient (Wildman–Crippen LogP) is -1.04. The molecule has 0 aliphatic carbocycles. The van der Waals surface area contributed by atoms with Crippen molar-refractivity contribution in [1.29, 1.82) is 0 Å². The average Bonchev–Trinajstić information content (AvgIpc) is 2.53. The number of aromatic nitrogens is 1. The van der Waals surface area contributed by atoms with Crippen molar-refractivity contribution >= 4 is 0 Å². The summed E-state index contributed by atoms with van der Waals surface area (Å²) in [7, 11) is 2.19. The fraction of sp³-hybridized carbons (Fsp3) is 0.500. The standard InChI is InChI=1S/C10H14N2.ClH/c1-12-7-3-5-10(12)9-4-2-6-11-8-9;/h2,4,6,8,10H,3,5,7H2,1H3;1H. The Bertz CT molecular complexity index is 256. The molecule has 2 nitrogen and oxygen atoms in total. The number of nitrogens with zero attached hydrogens (tertiary/aromatic N) is 2. The molecule has 1 saturated heterocycles. The second-order valence-corrected chi connectivity index (χ2v) is 3.42. The van der Waals surface area contributed by atoms with Gasteiger partial charge in [0.2, 0.25) is 0 Å². The van der Waals surface area contributed by atoms with Crippen LogP contribution in [0.25, 0.3) is 0 Å². The summed E-state index contributed by atoms with van der Waals surface area (Å²) in [6.45, 7) is 1.22. The Morgan fingerprint density at radius 3 is 3.00 bits per heavy atom. The van der Waals surface area contributed by atoms with Crippen LogP contribution < -0.4 is 12.4 Å². The summed E-state index contributed by atoms with van der Waals surface area (Å²) in [5.74, 6) is 0. The highest BCUT2D eigenvalue weighted by Gasteiger charge is 2.21. The van der Waals surface area contributed by atoms with E-state index in [1.54, 1.807) is 0 Å². The van der Waals surface area contributed by atoms with Crippen LogP contribution in [0.15, 0.2) is 24.5 Å². The summed E-state index contributed by atoms with van der Waals surface area (Å²) < 4.78 is 0. The van der Waals surface area contributed by atoms with E-state index >= 15 is 0 Å². The van der Waals surface area contributed by atoms with Crippen LogP contribution in [0.1, 0.15) is 25.9 Å². The quantitative estimate of drug-likeness (QED) is 0.574. The van der Waals surface area contributed by atoms with Gasteiger partial charge in [-0.2, -0.15) is 0 Å². The molecule has 0 bridgehead atoms. The van der Waals surface area contributed by atoms with Crippen LogP contribution in [-0.2, 0) is 0 Å². The lowest BCUT2D eigenvalue weighted by molar-refractivity contribution is -0.00000256. The lowest BCUT2D eigenvalue weighted by atomic mass is 10.1. The molecule has 0 saturated carbocycles. The fourth-order valence-electron chi connectivity index (χ4n) is 1.90. The second kappa shape index (κ2) is 4.58. The second-order valence-electron chi connectivity index (χ2n) is 3.42. The SMILES string of the molecule is CN1CCCC1c1cccnc1.[Cl-].[H+]. The molecular formula is C10H15ClN2. The predicted molar refractivity (Wildman–Crippen MR) is 50.0 cm³/mol. The fourth-order valence-corrected chi connectivity index (χ4v) is 1.90. The third-order valence-electron chi connectivity index (χ3n) is 2.59. The van der Waals surface area contributed by atoms with Crippen molar-refractivity contribution in [2.75, 3.05) is 13.6 Å². The number of halogens is 1. The van der Waals surface area contributed by atoms with Crippen LogP contribution in [0.2, 0.25) is 0 Å². The Balaban J connectivity index is 0.000000845. The monoisotopic (exact) mass is 198 g/mol. The first kappa shape index (κ1) is 10.5. The van der Waals surface area contributed by atoms with Gasteiger partial charge in [-0.25, -0.2) is 0 Å². The molecule has 0 aromatic carbocycles. The summed E-state index contributed by atoms with van der Waals surface area (Å²) >= 11 is 0. The highest BCUT2D eigenvalue weighted by Crippen LogP contribution is 2.29. The molecule has 1 aliphatic rings. The Hall–Kier alpha value is -0.600. The molecule has 0 spiro atoms. The number of hydrogen-bond donors (Lipinski definition) is 0. The maximum Gasteiger partial charge on any atom is 1.00 e. The number of pyridine rings is 1. The highest BCUT2D eigenvalue weighted by molar-refractivity contribution is 5.14.